The number of methoxy groups -OCH3 is 1. The molecule has 5 nitrogen and oxygen atoms in total. The van der Waals surface area contributed by atoms with Crippen LogP contribution in [0, 0.1) is 6.92 Å². The number of hydrogen-bond acceptors (Lipinski definition) is 4. The van der Waals surface area contributed by atoms with Crippen LogP contribution in [0.5, 0.6) is 11.5 Å². The lowest BCUT2D eigenvalue weighted by atomic mass is 10.1. The molecule has 0 aromatic heterocycles. The molecule has 2 aromatic rings. The van der Waals surface area contributed by atoms with Crippen molar-refractivity contribution < 1.29 is 14.3 Å². The van der Waals surface area contributed by atoms with Crippen LogP contribution in [0.1, 0.15) is 23.6 Å². The van der Waals surface area contributed by atoms with E-state index in [9.17, 15) is 4.79 Å². The molecule has 2 aromatic carbocycles. The highest BCUT2D eigenvalue weighted by molar-refractivity contribution is 5.78. The van der Waals surface area contributed by atoms with Gasteiger partial charge in [-0.25, -0.2) is 0 Å². The third-order valence-corrected chi connectivity index (χ3v) is 4.13. The van der Waals surface area contributed by atoms with Crippen LogP contribution in [0.15, 0.2) is 42.5 Å². The van der Waals surface area contributed by atoms with Gasteiger partial charge in [0.25, 0.3) is 0 Å². The van der Waals surface area contributed by atoms with Crippen LogP contribution < -0.4 is 14.8 Å². The highest BCUT2D eigenvalue weighted by Gasteiger charge is 2.10. The van der Waals surface area contributed by atoms with Crippen molar-refractivity contribution >= 4 is 5.91 Å². The fourth-order valence-corrected chi connectivity index (χ4v) is 2.76. The van der Waals surface area contributed by atoms with E-state index in [4.69, 9.17) is 9.47 Å². The largest absolute Gasteiger partial charge is 0.493 e. The molecule has 5 heteroatoms. The van der Waals surface area contributed by atoms with Gasteiger partial charge in [-0.1, -0.05) is 30.3 Å². The number of aryl methyl sites for hydroxylation is 1. The summed E-state index contributed by atoms with van der Waals surface area (Å²) in [5.41, 5.74) is 3.39. The van der Waals surface area contributed by atoms with Crippen LogP contribution in [0.4, 0.5) is 0 Å². The Bertz CT molecular complexity index is 731. The zero-order chi connectivity index (χ0) is 18.9. The van der Waals surface area contributed by atoms with E-state index in [1.807, 2.05) is 68.3 Å². The Hall–Kier alpha value is -2.53. The Labute approximate surface area is 155 Å². The smallest absolute Gasteiger partial charge is 0.234 e. The summed E-state index contributed by atoms with van der Waals surface area (Å²) in [5, 5.41) is 2.98. The molecule has 0 unspecified atom stereocenters. The first-order valence-corrected chi connectivity index (χ1v) is 8.83. The molecule has 0 spiro atoms. The number of hydrogen-bond donors (Lipinski definition) is 1. The minimum atomic E-state index is 0.00801. The highest BCUT2D eigenvalue weighted by atomic mass is 16.5. The number of rotatable bonds is 9. The van der Waals surface area contributed by atoms with E-state index in [1.165, 1.54) is 5.56 Å². The number of nitrogens with one attached hydrogen (secondary N) is 1. The molecule has 0 saturated heterocycles. The van der Waals surface area contributed by atoms with Gasteiger partial charge in [0.1, 0.15) is 0 Å². The molecule has 0 radical (unpaired) electrons. The lowest BCUT2D eigenvalue weighted by Gasteiger charge is -2.18. The SMILES string of the molecule is CCOc1ccc(CN(C)CC(=O)NCc2ccccc2C)cc1OC. The average Bonchev–Trinajstić information content (AvgIpc) is 2.62. The molecule has 0 bridgehead atoms. The summed E-state index contributed by atoms with van der Waals surface area (Å²) in [6.45, 7) is 6.12. The molecule has 1 N–H and O–H groups in total. The second kappa shape index (κ2) is 9.82. The molecule has 26 heavy (non-hydrogen) atoms. The fraction of sp³-hybridized carbons (Fsp3) is 0.381. The van der Waals surface area contributed by atoms with Crippen molar-refractivity contribution in [1.82, 2.24) is 10.2 Å². The summed E-state index contributed by atoms with van der Waals surface area (Å²) < 4.78 is 10.9. The highest BCUT2D eigenvalue weighted by Crippen LogP contribution is 2.28. The maximum absolute atomic E-state index is 12.2. The third kappa shape index (κ3) is 5.77. The first-order chi connectivity index (χ1) is 12.5. The standard InChI is InChI=1S/C21H28N2O3/c1-5-26-19-11-10-17(12-20(19)25-4)14-23(3)15-21(24)22-13-18-9-7-6-8-16(18)2/h6-12H,5,13-15H2,1-4H3,(H,22,24). The van der Waals surface area contributed by atoms with Crippen LogP contribution >= 0.6 is 0 Å². The molecular formula is C21H28N2O3. The van der Waals surface area contributed by atoms with Crippen LogP contribution in [-0.4, -0.2) is 38.1 Å². The Morgan fingerprint density at radius 1 is 1.15 bits per heavy atom. The second-order valence-corrected chi connectivity index (χ2v) is 6.29. The predicted octanol–water partition coefficient (Wildman–Crippen LogP) is 3.15. The maximum atomic E-state index is 12.2. The van der Waals surface area contributed by atoms with Crippen LogP contribution in [0.3, 0.4) is 0 Å². The Morgan fingerprint density at radius 3 is 2.62 bits per heavy atom. The van der Waals surface area contributed by atoms with Gasteiger partial charge in [-0.2, -0.15) is 0 Å². The van der Waals surface area contributed by atoms with Gasteiger partial charge < -0.3 is 14.8 Å². The molecule has 0 aliphatic heterocycles. The van der Waals surface area contributed by atoms with Crippen molar-refractivity contribution in [2.75, 3.05) is 27.3 Å². The number of ether oxygens (including phenoxy) is 2. The van der Waals surface area contributed by atoms with E-state index < -0.39 is 0 Å². The molecule has 0 fully saturated rings. The van der Waals surface area contributed by atoms with E-state index >= 15 is 0 Å². The molecule has 0 aliphatic carbocycles. The normalized spacial score (nSPS) is 10.7. The summed E-state index contributed by atoms with van der Waals surface area (Å²) in [7, 11) is 3.56. The number of nitrogens with zero attached hydrogens (tertiary/aromatic N) is 1. The van der Waals surface area contributed by atoms with Gasteiger partial charge in [0.15, 0.2) is 11.5 Å². The van der Waals surface area contributed by atoms with E-state index in [-0.39, 0.29) is 5.91 Å². The first kappa shape index (κ1) is 19.8. The van der Waals surface area contributed by atoms with Crippen molar-refractivity contribution in [3.63, 3.8) is 0 Å². The first-order valence-electron chi connectivity index (χ1n) is 8.83. The number of likely N-dealkylation sites (N-methyl/N-ethyl adjacent to an activating group) is 1. The number of carbonyl (C=O) groups is 1. The molecular weight excluding hydrogens is 328 g/mol. The van der Waals surface area contributed by atoms with Gasteiger partial charge in [0, 0.05) is 13.1 Å². The Balaban J connectivity index is 1.86. The molecule has 0 heterocycles. The van der Waals surface area contributed by atoms with Gasteiger partial charge in [-0.05, 0) is 49.7 Å². The van der Waals surface area contributed by atoms with Gasteiger partial charge in [0.2, 0.25) is 5.91 Å². The minimum Gasteiger partial charge on any atom is -0.493 e. The maximum Gasteiger partial charge on any atom is 0.234 e. The number of benzene rings is 2. The van der Waals surface area contributed by atoms with Crippen LogP contribution in [0.2, 0.25) is 0 Å². The zero-order valence-electron chi connectivity index (χ0n) is 16.0. The summed E-state index contributed by atoms with van der Waals surface area (Å²) in [6.07, 6.45) is 0. The third-order valence-electron chi connectivity index (χ3n) is 4.13. The van der Waals surface area contributed by atoms with Crippen LogP contribution in [0.25, 0.3) is 0 Å². The van der Waals surface area contributed by atoms with Gasteiger partial charge in [-0.3, -0.25) is 9.69 Å². The monoisotopic (exact) mass is 356 g/mol. The summed E-state index contributed by atoms with van der Waals surface area (Å²) >= 11 is 0. The molecule has 2 rings (SSSR count). The molecule has 0 saturated carbocycles. The van der Waals surface area contributed by atoms with Gasteiger partial charge in [-0.15, -0.1) is 0 Å². The summed E-state index contributed by atoms with van der Waals surface area (Å²) in [5.74, 6) is 1.45. The average molecular weight is 356 g/mol. The van der Waals surface area contributed by atoms with Crippen molar-refractivity contribution in [1.29, 1.82) is 0 Å². The molecule has 0 atom stereocenters. The molecule has 0 aliphatic rings. The lowest BCUT2D eigenvalue weighted by molar-refractivity contribution is -0.122. The number of amides is 1. The van der Waals surface area contributed by atoms with Crippen molar-refractivity contribution in [3.05, 3.63) is 59.2 Å². The lowest BCUT2D eigenvalue weighted by Crippen LogP contribution is -2.34. The molecule has 140 valence electrons. The molecule has 1 amide bonds. The Kier molecular flexibility index (Phi) is 7.48. The topological polar surface area (TPSA) is 50.8 Å². The summed E-state index contributed by atoms with van der Waals surface area (Å²) in [4.78, 5) is 14.2. The van der Waals surface area contributed by atoms with E-state index in [0.717, 1.165) is 16.9 Å². The van der Waals surface area contributed by atoms with E-state index in [2.05, 4.69) is 5.32 Å². The number of carbonyl (C=O) groups excluding carboxylic acids is 1. The summed E-state index contributed by atoms with van der Waals surface area (Å²) in [6, 6.07) is 13.9. The van der Waals surface area contributed by atoms with E-state index in [0.29, 0.717) is 32.0 Å². The van der Waals surface area contributed by atoms with Gasteiger partial charge >= 0.3 is 0 Å². The van der Waals surface area contributed by atoms with Crippen molar-refractivity contribution in [2.24, 2.45) is 0 Å². The van der Waals surface area contributed by atoms with Crippen molar-refractivity contribution in [3.8, 4) is 11.5 Å². The van der Waals surface area contributed by atoms with Crippen molar-refractivity contribution in [2.45, 2.75) is 26.9 Å². The predicted molar refractivity (Wildman–Crippen MR) is 104 cm³/mol. The fourth-order valence-electron chi connectivity index (χ4n) is 2.76. The van der Waals surface area contributed by atoms with E-state index in [1.54, 1.807) is 7.11 Å². The minimum absolute atomic E-state index is 0.00801. The Morgan fingerprint density at radius 2 is 1.92 bits per heavy atom. The van der Waals surface area contributed by atoms with Crippen LogP contribution in [-0.2, 0) is 17.9 Å². The van der Waals surface area contributed by atoms with Gasteiger partial charge in [0.05, 0.1) is 20.3 Å². The zero-order valence-corrected chi connectivity index (χ0v) is 16.0. The quantitative estimate of drug-likeness (QED) is 0.750. The second-order valence-electron chi connectivity index (χ2n) is 6.29.